The van der Waals surface area contributed by atoms with Crippen molar-refractivity contribution in [3.05, 3.63) is 65.6 Å². The van der Waals surface area contributed by atoms with Crippen LogP contribution in [0.4, 0.5) is 11.5 Å². The first-order valence-electron chi connectivity index (χ1n) is 8.72. The van der Waals surface area contributed by atoms with E-state index >= 15 is 0 Å². The first kappa shape index (κ1) is 16.3. The maximum absolute atomic E-state index is 12.3. The van der Waals surface area contributed by atoms with Crippen LogP contribution >= 0.6 is 0 Å². The average Bonchev–Trinajstić information content (AvgIpc) is 3.17. The van der Waals surface area contributed by atoms with E-state index in [0.717, 1.165) is 25.3 Å². The van der Waals surface area contributed by atoms with Gasteiger partial charge in [-0.25, -0.2) is 4.98 Å². The summed E-state index contributed by atoms with van der Waals surface area (Å²) in [6.45, 7) is 4.36. The Labute approximate surface area is 151 Å². The minimum absolute atomic E-state index is 0.272. The highest BCUT2D eigenvalue weighted by Crippen LogP contribution is 2.24. The number of aromatic nitrogens is 4. The molecule has 3 heterocycles. The molecular formula is C19H20N6O. The first-order chi connectivity index (χ1) is 12.7. The number of benzene rings is 1. The van der Waals surface area contributed by atoms with Crippen LogP contribution in [0.15, 0.2) is 48.8 Å². The van der Waals surface area contributed by atoms with Gasteiger partial charge in [-0.05, 0) is 30.5 Å². The molecule has 26 heavy (non-hydrogen) atoms. The predicted molar refractivity (Wildman–Crippen MR) is 99.1 cm³/mol. The van der Waals surface area contributed by atoms with E-state index in [1.54, 1.807) is 23.1 Å². The monoisotopic (exact) mass is 348 g/mol. The van der Waals surface area contributed by atoms with Crippen molar-refractivity contribution in [1.82, 2.24) is 20.0 Å². The van der Waals surface area contributed by atoms with Gasteiger partial charge < -0.3 is 10.2 Å². The fourth-order valence-electron chi connectivity index (χ4n) is 3.11. The number of rotatable bonds is 4. The fraction of sp³-hybridized carbons (Fsp3) is 0.263. The summed E-state index contributed by atoms with van der Waals surface area (Å²) in [6.07, 6.45) is 4.35. The molecule has 0 atom stereocenters. The third kappa shape index (κ3) is 3.28. The van der Waals surface area contributed by atoms with Crippen LogP contribution in [0.3, 0.4) is 0 Å². The molecule has 0 spiro atoms. The van der Waals surface area contributed by atoms with Gasteiger partial charge in [0, 0.05) is 37.6 Å². The van der Waals surface area contributed by atoms with Gasteiger partial charge in [0.2, 0.25) is 0 Å². The van der Waals surface area contributed by atoms with Crippen LogP contribution in [0.1, 0.15) is 28.5 Å². The summed E-state index contributed by atoms with van der Waals surface area (Å²) in [6, 6.07) is 12.2. The lowest BCUT2D eigenvalue weighted by Gasteiger charge is -2.30. The van der Waals surface area contributed by atoms with Gasteiger partial charge in [-0.2, -0.15) is 0 Å². The van der Waals surface area contributed by atoms with E-state index in [-0.39, 0.29) is 5.91 Å². The normalized spacial score (nSPS) is 13.3. The highest BCUT2D eigenvalue weighted by molar-refractivity contribution is 6.02. The van der Waals surface area contributed by atoms with Gasteiger partial charge in [-0.3, -0.25) is 9.48 Å². The lowest BCUT2D eigenvalue weighted by molar-refractivity contribution is 0.102. The van der Waals surface area contributed by atoms with Crippen LogP contribution in [0.25, 0.3) is 0 Å². The van der Waals surface area contributed by atoms with Crippen LogP contribution < -0.4 is 10.2 Å². The largest absolute Gasteiger partial charge is 0.352 e. The van der Waals surface area contributed by atoms with Crippen LogP contribution in [0.5, 0.6) is 0 Å². The van der Waals surface area contributed by atoms with Crippen molar-refractivity contribution >= 4 is 17.4 Å². The van der Waals surface area contributed by atoms with Crippen molar-refractivity contribution in [2.24, 2.45) is 0 Å². The molecular weight excluding hydrogens is 328 g/mol. The number of hydrogen-bond acceptors (Lipinski definition) is 5. The second-order valence-electron chi connectivity index (χ2n) is 6.26. The molecule has 2 aromatic heterocycles. The summed E-state index contributed by atoms with van der Waals surface area (Å²) in [7, 11) is 0. The van der Waals surface area contributed by atoms with E-state index in [9.17, 15) is 4.79 Å². The van der Waals surface area contributed by atoms with Gasteiger partial charge in [0.25, 0.3) is 5.91 Å². The molecule has 1 aromatic carbocycles. The smallest absolute Gasteiger partial charge is 0.277 e. The van der Waals surface area contributed by atoms with Crippen LogP contribution in [0, 0.1) is 0 Å². The molecule has 1 amide bonds. The molecule has 1 N–H and O–H groups in total. The van der Waals surface area contributed by atoms with Crippen LogP contribution in [0.2, 0.25) is 0 Å². The number of nitrogens with one attached hydrogen (secondary N) is 1. The molecule has 1 aliphatic rings. The second kappa shape index (κ2) is 6.95. The Kier molecular flexibility index (Phi) is 4.35. The standard InChI is InChI=1S/C19H20N6O/c1-2-25-13-17(22-23-25)19(26)21-16-7-9-20-18(11-16)24-10-8-14-5-3-4-6-15(14)12-24/h3-7,9,11,13H,2,8,10,12H2,1H3,(H,20,21,26). The highest BCUT2D eigenvalue weighted by Gasteiger charge is 2.18. The van der Waals surface area contributed by atoms with E-state index in [0.29, 0.717) is 17.9 Å². The van der Waals surface area contributed by atoms with Gasteiger partial charge in [-0.15, -0.1) is 5.10 Å². The van der Waals surface area contributed by atoms with Crippen LogP contribution in [-0.2, 0) is 19.5 Å². The van der Waals surface area contributed by atoms with Crippen molar-refractivity contribution < 1.29 is 4.79 Å². The third-order valence-corrected chi connectivity index (χ3v) is 4.55. The van der Waals surface area contributed by atoms with Crippen molar-refractivity contribution in [2.45, 2.75) is 26.4 Å². The Balaban J connectivity index is 1.49. The number of carbonyl (C=O) groups is 1. The number of fused-ring (bicyclic) bond motifs is 1. The summed E-state index contributed by atoms with van der Waals surface area (Å²) in [5, 5.41) is 10.7. The molecule has 0 unspecified atom stereocenters. The summed E-state index contributed by atoms with van der Waals surface area (Å²) < 4.78 is 1.62. The maximum Gasteiger partial charge on any atom is 0.277 e. The number of anilines is 2. The lowest BCUT2D eigenvalue weighted by Crippen LogP contribution is -2.31. The Morgan fingerprint density at radius 1 is 1.23 bits per heavy atom. The molecule has 0 bridgehead atoms. The van der Waals surface area contributed by atoms with E-state index in [1.165, 1.54) is 11.1 Å². The molecule has 0 saturated carbocycles. The summed E-state index contributed by atoms with van der Waals surface area (Å²) >= 11 is 0. The zero-order chi connectivity index (χ0) is 17.9. The lowest BCUT2D eigenvalue weighted by atomic mass is 10.00. The molecule has 0 saturated heterocycles. The molecule has 0 radical (unpaired) electrons. The van der Waals surface area contributed by atoms with Gasteiger partial charge in [-0.1, -0.05) is 29.5 Å². The number of hydrogen-bond donors (Lipinski definition) is 1. The zero-order valence-electron chi connectivity index (χ0n) is 14.6. The number of amides is 1. The number of nitrogens with zero attached hydrogens (tertiary/aromatic N) is 5. The molecule has 4 rings (SSSR count). The summed E-state index contributed by atoms with van der Waals surface area (Å²) in [5.41, 5.74) is 3.72. The zero-order valence-corrected chi connectivity index (χ0v) is 14.6. The molecule has 0 aliphatic carbocycles. The minimum atomic E-state index is -0.272. The molecule has 1 aliphatic heterocycles. The SMILES string of the molecule is CCn1cc(C(=O)Nc2ccnc(N3CCc4ccccc4C3)c2)nn1. The topological polar surface area (TPSA) is 75.9 Å². The van der Waals surface area contributed by atoms with Crippen molar-refractivity contribution in [1.29, 1.82) is 0 Å². The average molecular weight is 348 g/mol. The van der Waals surface area contributed by atoms with Gasteiger partial charge in [0.05, 0.1) is 6.20 Å². The van der Waals surface area contributed by atoms with Crippen LogP contribution in [-0.4, -0.2) is 32.4 Å². The summed E-state index contributed by atoms with van der Waals surface area (Å²) in [4.78, 5) is 19.0. The van der Waals surface area contributed by atoms with Gasteiger partial charge in [0.15, 0.2) is 5.69 Å². The third-order valence-electron chi connectivity index (χ3n) is 4.55. The van der Waals surface area contributed by atoms with Crippen molar-refractivity contribution in [3.8, 4) is 0 Å². The Morgan fingerprint density at radius 3 is 2.88 bits per heavy atom. The fourth-order valence-corrected chi connectivity index (χ4v) is 3.11. The predicted octanol–water partition coefficient (Wildman–Crippen LogP) is 2.51. The molecule has 7 heteroatoms. The Bertz CT molecular complexity index is 935. The second-order valence-corrected chi connectivity index (χ2v) is 6.26. The van der Waals surface area contributed by atoms with Crippen molar-refractivity contribution in [2.75, 3.05) is 16.8 Å². The van der Waals surface area contributed by atoms with E-state index in [2.05, 4.69) is 49.8 Å². The Hall–Kier alpha value is -3.22. The number of aryl methyl sites for hydroxylation is 1. The molecule has 3 aromatic rings. The molecule has 132 valence electrons. The van der Waals surface area contributed by atoms with Crippen molar-refractivity contribution in [3.63, 3.8) is 0 Å². The highest BCUT2D eigenvalue weighted by atomic mass is 16.2. The van der Waals surface area contributed by atoms with E-state index < -0.39 is 0 Å². The number of carbonyl (C=O) groups excluding carboxylic acids is 1. The van der Waals surface area contributed by atoms with E-state index in [4.69, 9.17) is 0 Å². The summed E-state index contributed by atoms with van der Waals surface area (Å²) in [5.74, 6) is 0.584. The quantitative estimate of drug-likeness (QED) is 0.784. The maximum atomic E-state index is 12.3. The minimum Gasteiger partial charge on any atom is -0.352 e. The van der Waals surface area contributed by atoms with Gasteiger partial charge >= 0.3 is 0 Å². The van der Waals surface area contributed by atoms with E-state index in [1.807, 2.05) is 13.0 Å². The molecule has 7 nitrogen and oxygen atoms in total. The van der Waals surface area contributed by atoms with Gasteiger partial charge in [0.1, 0.15) is 5.82 Å². The Morgan fingerprint density at radius 2 is 2.08 bits per heavy atom. The number of pyridine rings is 1. The molecule has 0 fully saturated rings. The first-order valence-corrected chi connectivity index (χ1v) is 8.72.